The van der Waals surface area contributed by atoms with Crippen LogP contribution in [0, 0.1) is 12.8 Å². The molecule has 0 fully saturated rings. The highest BCUT2D eigenvalue weighted by Gasteiger charge is 2.37. The molecule has 0 saturated heterocycles. The van der Waals surface area contributed by atoms with Gasteiger partial charge in [-0.05, 0) is 25.0 Å². The summed E-state index contributed by atoms with van der Waals surface area (Å²) in [5.74, 6) is -0.209. The van der Waals surface area contributed by atoms with Crippen LogP contribution in [0.4, 0.5) is 0 Å². The minimum absolute atomic E-state index is 0.0639. The molecule has 1 aliphatic heterocycles. The van der Waals surface area contributed by atoms with E-state index < -0.39 is 16.1 Å². The summed E-state index contributed by atoms with van der Waals surface area (Å²) in [5, 5.41) is 0. The van der Waals surface area contributed by atoms with Crippen molar-refractivity contribution in [3.05, 3.63) is 29.3 Å². The molecule has 5 heteroatoms. The maximum atomic E-state index is 12.2. The molecule has 0 bridgehead atoms. The van der Waals surface area contributed by atoms with Crippen LogP contribution in [0.1, 0.15) is 29.8 Å². The Morgan fingerprint density at radius 3 is 2.53 bits per heavy atom. The fourth-order valence-electron chi connectivity index (χ4n) is 1.96. The number of carbonyl (C=O) groups is 1. The molecule has 2 rings (SSSR count). The van der Waals surface area contributed by atoms with Crippen molar-refractivity contribution < 1.29 is 13.2 Å². The zero-order valence-electron chi connectivity index (χ0n) is 10.0. The Bertz CT molecular complexity index is 575. The summed E-state index contributed by atoms with van der Waals surface area (Å²) in [6, 6.07) is 4.17. The van der Waals surface area contributed by atoms with Crippen LogP contribution in [-0.4, -0.2) is 20.2 Å². The molecular weight excluding hydrogens is 238 g/mol. The number of carbonyl (C=O) groups excluding carboxylic acids is 1. The van der Waals surface area contributed by atoms with Crippen molar-refractivity contribution in [3.8, 4) is 0 Å². The normalized spacial score (nSPS) is 22.6. The van der Waals surface area contributed by atoms with Crippen LogP contribution < -0.4 is 4.72 Å². The molecule has 0 aromatic heterocycles. The topological polar surface area (TPSA) is 63.2 Å². The van der Waals surface area contributed by atoms with Gasteiger partial charge in [-0.15, -0.1) is 0 Å². The summed E-state index contributed by atoms with van der Waals surface area (Å²) in [5.41, 5.74) is 1.19. The molecule has 1 unspecified atom stereocenters. The Balaban J connectivity index is 2.66. The van der Waals surface area contributed by atoms with Gasteiger partial charge in [0.15, 0.2) is 5.78 Å². The van der Waals surface area contributed by atoms with Crippen molar-refractivity contribution in [2.75, 3.05) is 0 Å². The second kappa shape index (κ2) is 3.92. The summed E-state index contributed by atoms with van der Waals surface area (Å²) in [6.07, 6.45) is 0. The first-order valence-electron chi connectivity index (χ1n) is 5.50. The minimum Gasteiger partial charge on any atom is -0.292 e. The molecule has 1 aromatic carbocycles. The van der Waals surface area contributed by atoms with E-state index in [-0.39, 0.29) is 16.6 Å². The summed E-state index contributed by atoms with van der Waals surface area (Å²) >= 11 is 0. The lowest BCUT2D eigenvalue weighted by Gasteiger charge is -2.27. The van der Waals surface area contributed by atoms with E-state index in [1.54, 1.807) is 12.1 Å². The van der Waals surface area contributed by atoms with Gasteiger partial charge in [-0.3, -0.25) is 4.79 Å². The SMILES string of the molecule is Cc1ccc2c(c1)C(=O)C(C(C)C)NS2(=O)=O. The molecular formula is C12H15NO3S. The van der Waals surface area contributed by atoms with E-state index in [1.807, 2.05) is 20.8 Å². The molecule has 1 aliphatic rings. The molecule has 0 radical (unpaired) electrons. The quantitative estimate of drug-likeness (QED) is 0.824. The maximum absolute atomic E-state index is 12.2. The predicted octanol–water partition coefficient (Wildman–Crippen LogP) is 1.49. The van der Waals surface area contributed by atoms with Crippen LogP contribution >= 0.6 is 0 Å². The van der Waals surface area contributed by atoms with Crippen molar-refractivity contribution in [2.45, 2.75) is 31.7 Å². The predicted molar refractivity (Wildman–Crippen MR) is 64.5 cm³/mol. The third-order valence-electron chi connectivity index (χ3n) is 2.92. The maximum Gasteiger partial charge on any atom is 0.241 e. The summed E-state index contributed by atoms with van der Waals surface area (Å²) < 4.78 is 26.4. The standard InChI is InChI=1S/C12H15NO3S/c1-7(2)11-12(14)9-6-8(3)4-5-10(9)17(15,16)13-11/h4-7,11,13H,1-3H3. The molecule has 1 aromatic rings. The summed E-state index contributed by atoms with van der Waals surface area (Å²) in [7, 11) is -3.56. The second-order valence-corrected chi connectivity index (χ2v) is 6.39. The number of sulfonamides is 1. The average Bonchev–Trinajstić information content (AvgIpc) is 2.23. The smallest absolute Gasteiger partial charge is 0.241 e. The van der Waals surface area contributed by atoms with Gasteiger partial charge >= 0.3 is 0 Å². The van der Waals surface area contributed by atoms with Gasteiger partial charge in [0.05, 0.1) is 10.9 Å². The van der Waals surface area contributed by atoms with Crippen molar-refractivity contribution in [2.24, 2.45) is 5.92 Å². The van der Waals surface area contributed by atoms with Crippen LogP contribution in [-0.2, 0) is 10.0 Å². The summed E-state index contributed by atoms with van der Waals surface area (Å²) in [6.45, 7) is 5.49. The van der Waals surface area contributed by atoms with E-state index in [1.165, 1.54) is 6.07 Å². The lowest BCUT2D eigenvalue weighted by molar-refractivity contribution is 0.0922. The minimum atomic E-state index is -3.56. The second-order valence-electron chi connectivity index (χ2n) is 4.71. The Labute approximate surface area is 101 Å². The largest absolute Gasteiger partial charge is 0.292 e. The number of Topliss-reactive ketones (excluding diaryl/α,β-unsaturated/α-hetero) is 1. The van der Waals surface area contributed by atoms with Crippen LogP contribution in [0.15, 0.2) is 23.1 Å². The molecule has 0 spiro atoms. The van der Waals surface area contributed by atoms with E-state index in [0.29, 0.717) is 5.56 Å². The number of ketones is 1. The first kappa shape index (κ1) is 12.3. The number of fused-ring (bicyclic) bond motifs is 1. The Morgan fingerprint density at radius 1 is 1.29 bits per heavy atom. The third-order valence-corrected chi connectivity index (χ3v) is 4.42. The van der Waals surface area contributed by atoms with E-state index in [0.717, 1.165) is 5.56 Å². The number of hydrogen-bond donors (Lipinski definition) is 1. The van der Waals surface area contributed by atoms with Crippen molar-refractivity contribution in [1.29, 1.82) is 0 Å². The first-order valence-corrected chi connectivity index (χ1v) is 6.98. The van der Waals surface area contributed by atoms with E-state index in [9.17, 15) is 13.2 Å². The molecule has 0 aliphatic carbocycles. The first-order chi connectivity index (χ1) is 7.83. The number of aryl methyl sites for hydroxylation is 1. The van der Waals surface area contributed by atoms with Crippen molar-refractivity contribution in [1.82, 2.24) is 4.72 Å². The van der Waals surface area contributed by atoms with Crippen LogP contribution in [0.5, 0.6) is 0 Å². The van der Waals surface area contributed by atoms with Gasteiger partial charge < -0.3 is 0 Å². The Morgan fingerprint density at radius 2 is 1.94 bits per heavy atom. The molecule has 0 saturated carbocycles. The van der Waals surface area contributed by atoms with Gasteiger partial charge in [0.2, 0.25) is 10.0 Å². The highest BCUT2D eigenvalue weighted by molar-refractivity contribution is 7.89. The molecule has 92 valence electrons. The molecule has 0 amide bonds. The zero-order chi connectivity index (χ0) is 12.8. The fourth-order valence-corrected chi connectivity index (χ4v) is 3.50. The number of nitrogens with one attached hydrogen (secondary N) is 1. The lowest BCUT2D eigenvalue weighted by atomic mass is 9.95. The number of hydrogen-bond acceptors (Lipinski definition) is 3. The third kappa shape index (κ3) is 2.00. The fraction of sp³-hybridized carbons (Fsp3) is 0.417. The summed E-state index contributed by atoms with van der Waals surface area (Å²) in [4.78, 5) is 12.3. The highest BCUT2D eigenvalue weighted by atomic mass is 32.2. The molecule has 1 atom stereocenters. The van der Waals surface area contributed by atoms with Crippen molar-refractivity contribution >= 4 is 15.8 Å². The lowest BCUT2D eigenvalue weighted by Crippen LogP contribution is -2.48. The van der Waals surface area contributed by atoms with Crippen molar-refractivity contribution in [3.63, 3.8) is 0 Å². The van der Waals surface area contributed by atoms with Gasteiger partial charge in [0.25, 0.3) is 0 Å². The van der Waals surface area contributed by atoms with E-state index in [2.05, 4.69) is 4.72 Å². The highest BCUT2D eigenvalue weighted by Crippen LogP contribution is 2.26. The van der Waals surface area contributed by atoms with Gasteiger partial charge in [-0.25, -0.2) is 8.42 Å². The number of rotatable bonds is 1. The van der Waals surface area contributed by atoms with Crippen LogP contribution in [0.2, 0.25) is 0 Å². The van der Waals surface area contributed by atoms with Gasteiger partial charge in [-0.2, -0.15) is 4.72 Å². The van der Waals surface area contributed by atoms with Gasteiger partial charge in [0, 0.05) is 5.56 Å². The van der Waals surface area contributed by atoms with Gasteiger partial charge in [-0.1, -0.05) is 25.5 Å². The molecule has 1 heterocycles. The van der Waals surface area contributed by atoms with E-state index >= 15 is 0 Å². The molecule has 4 nitrogen and oxygen atoms in total. The molecule has 17 heavy (non-hydrogen) atoms. The van der Waals surface area contributed by atoms with E-state index in [4.69, 9.17) is 0 Å². The average molecular weight is 253 g/mol. The Kier molecular flexibility index (Phi) is 2.83. The monoisotopic (exact) mass is 253 g/mol. The Hall–Kier alpha value is -1.20. The zero-order valence-corrected chi connectivity index (χ0v) is 10.8. The number of benzene rings is 1. The van der Waals surface area contributed by atoms with Gasteiger partial charge in [0.1, 0.15) is 0 Å². The van der Waals surface area contributed by atoms with Crippen LogP contribution in [0.3, 0.4) is 0 Å². The molecule has 1 N–H and O–H groups in total. The van der Waals surface area contributed by atoms with Crippen LogP contribution in [0.25, 0.3) is 0 Å².